The number of alkyl halides is 2. The second kappa shape index (κ2) is 11.3. The van der Waals surface area contributed by atoms with Crippen LogP contribution in [-0.4, -0.2) is 30.8 Å². The molecule has 6 nitrogen and oxygen atoms in total. The Kier molecular flexibility index (Phi) is 10.3. The van der Waals surface area contributed by atoms with E-state index in [4.69, 9.17) is 5.73 Å². The Labute approximate surface area is 148 Å². The second-order valence-electron chi connectivity index (χ2n) is 5.94. The molecule has 0 bridgehead atoms. The van der Waals surface area contributed by atoms with Gasteiger partial charge in [-0.3, -0.25) is 4.79 Å². The van der Waals surface area contributed by atoms with Gasteiger partial charge in [-0.1, -0.05) is 6.07 Å². The van der Waals surface area contributed by atoms with Gasteiger partial charge in [-0.05, 0) is 38.5 Å². The van der Waals surface area contributed by atoms with Crippen LogP contribution in [0.25, 0.3) is 0 Å². The molecule has 0 fully saturated rings. The van der Waals surface area contributed by atoms with Gasteiger partial charge >= 0.3 is 12.7 Å². The normalized spacial score (nSPS) is 10.8. The van der Waals surface area contributed by atoms with Gasteiger partial charge in [0.15, 0.2) is 11.6 Å². The maximum absolute atomic E-state index is 12.8. The number of hydrogen-bond acceptors (Lipinski definition) is 4. The number of primary amides is 1. The third-order valence-corrected chi connectivity index (χ3v) is 2.45. The zero-order valence-corrected chi connectivity index (χ0v) is 14.7. The van der Waals surface area contributed by atoms with Crippen LogP contribution in [0, 0.1) is 11.6 Å². The lowest BCUT2D eigenvalue weighted by molar-refractivity contribution is -0.138. The van der Waals surface area contributed by atoms with Gasteiger partial charge in [-0.2, -0.15) is 8.78 Å². The Balaban J connectivity index is 0.000000660. The van der Waals surface area contributed by atoms with Gasteiger partial charge in [0.05, 0.1) is 13.0 Å². The summed E-state index contributed by atoms with van der Waals surface area (Å²) in [6.45, 7) is 1.96. The highest BCUT2D eigenvalue weighted by atomic mass is 19.3. The summed E-state index contributed by atoms with van der Waals surface area (Å²) >= 11 is 0. The zero-order chi connectivity index (χ0) is 20.3. The minimum Gasteiger partial charge on any atom is -0.444 e. The van der Waals surface area contributed by atoms with Gasteiger partial charge in [0.1, 0.15) is 5.60 Å². The SMILES string of the molecule is CC(C)(C)OC(N)=O.O=C(CCOC(F)F)NCc1ccc(F)c(F)c1. The Hall–Kier alpha value is -2.36. The molecule has 1 rings (SSSR count). The number of rotatable bonds is 6. The first kappa shape index (κ1) is 23.6. The molecule has 2 amide bonds. The van der Waals surface area contributed by atoms with E-state index in [2.05, 4.69) is 14.8 Å². The molecule has 1 aromatic rings. The number of benzene rings is 1. The fraction of sp³-hybridized carbons (Fsp3) is 0.500. The predicted molar refractivity (Wildman–Crippen MR) is 85.2 cm³/mol. The predicted octanol–water partition coefficient (Wildman–Crippen LogP) is 3.09. The number of carbonyl (C=O) groups is 2. The van der Waals surface area contributed by atoms with Gasteiger partial charge in [-0.25, -0.2) is 13.6 Å². The fourth-order valence-electron chi connectivity index (χ4n) is 1.48. The minimum absolute atomic E-state index is 0.00921. The fourth-order valence-corrected chi connectivity index (χ4v) is 1.48. The molecular formula is C16H22F4N2O4. The first-order valence-electron chi connectivity index (χ1n) is 7.49. The molecule has 0 aliphatic rings. The second-order valence-corrected chi connectivity index (χ2v) is 5.94. The van der Waals surface area contributed by atoms with Gasteiger partial charge in [0.25, 0.3) is 0 Å². The molecule has 148 valence electrons. The smallest absolute Gasteiger partial charge is 0.405 e. The van der Waals surface area contributed by atoms with Crippen molar-refractivity contribution in [2.75, 3.05) is 6.61 Å². The van der Waals surface area contributed by atoms with Crippen molar-refractivity contribution in [3.8, 4) is 0 Å². The molecule has 26 heavy (non-hydrogen) atoms. The van der Waals surface area contributed by atoms with Gasteiger partial charge < -0.3 is 20.5 Å². The van der Waals surface area contributed by atoms with E-state index >= 15 is 0 Å². The number of carbonyl (C=O) groups excluding carboxylic acids is 2. The average Bonchev–Trinajstić information content (AvgIpc) is 2.46. The van der Waals surface area contributed by atoms with Crippen molar-refractivity contribution in [1.82, 2.24) is 5.32 Å². The molecule has 0 radical (unpaired) electrons. The number of hydrogen-bond donors (Lipinski definition) is 2. The molecule has 3 N–H and O–H groups in total. The third-order valence-electron chi connectivity index (χ3n) is 2.45. The summed E-state index contributed by atoms with van der Waals surface area (Å²) in [4.78, 5) is 21.2. The van der Waals surface area contributed by atoms with Crippen molar-refractivity contribution < 1.29 is 36.6 Å². The number of amides is 2. The van der Waals surface area contributed by atoms with Crippen molar-refractivity contribution in [3.63, 3.8) is 0 Å². The van der Waals surface area contributed by atoms with E-state index in [0.29, 0.717) is 5.56 Å². The van der Waals surface area contributed by atoms with Crippen LogP contribution in [0.15, 0.2) is 18.2 Å². The summed E-state index contributed by atoms with van der Waals surface area (Å²) in [5, 5.41) is 2.37. The molecule has 1 aromatic carbocycles. The van der Waals surface area contributed by atoms with E-state index in [1.54, 1.807) is 20.8 Å². The molecule has 0 atom stereocenters. The Bertz CT molecular complexity index is 592. The van der Waals surface area contributed by atoms with Crippen molar-refractivity contribution in [2.24, 2.45) is 5.73 Å². The van der Waals surface area contributed by atoms with Crippen molar-refractivity contribution >= 4 is 12.0 Å². The van der Waals surface area contributed by atoms with Crippen LogP contribution in [-0.2, 0) is 20.8 Å². The molecular weight excluding hydrogens is 360 g/mol. The van der Waals surface area contributed by atoms with E-state index in [0.717, 1.165) is 12.1 Å². The molecule has 0 unspecified atom stereocenters. The molecule has 0 saturated heterocycles. The van der Waals surface area contributed by atoms with Crippen molar-refractivity contribution in [3.05, 3.63) is 35.4 Å². The molecule has 0 spiro atoms. The molecule has 0 aromatic heterocycles. The lowest BCUT2D eigenvalue weighted by Crippen LogP contribution is -2.27. The van der Waals surface area contributed by atoms with E-state index < -0.39 is 42.5 Å². The van der Waals surface area contributed by atoms with Crippen LogP contribution in [0.5, 0.6) is 0 Å². The maximum atomic E-state index is 12.8. The lowest BCUT2D eigenvalue weighted by Gasteiger charge is -2.16. The van der Waals surface area contributed by atoms with Crippen LogP contribution in [0.4, 0.5) is 22.4 Å². The quantitative estimate of drug-likeness (QED) is 0.740. The van der Waals surface area contributed by atoms with Crippen LogP contribution in [0.1, 0.15) is 32.8 Å². The molecule has 0 saturated carbocycles. The molecule has 0 aliphatic heterocycles. The first-order chi connectivity index (χ1) is 11.9. The largest absolute Gasteiger partial charge is 0.444 e. The highest BCUT2D eigenvalue weighted by Gasteiger charge is 2.12. The van der Waals surface area contributed by atoms with Crippen LogP contribution in [0.3, 0.4) is 0 Å². The summed E-state index contributed by atoms with van der Waals surface area (Å²) in [6, 6.07) is 3.20. The Morgan fingerprint density at radius 3 is 2.23 bits per heavy atom. The Morgan fingerprint density at radius 2 is 1.81 bits per heavy atom. The van der Waals surface area contributed by atoms with E-state index in [1.165, 1.54) is 6.07 Å². The van der Waals surface area contributed by atoms with E-state index in [9.17, 15) is 27.2 Å². The Morgan fingerprint density at radius 1 is 1.19 bits per heavy atom. The molecule has 10 heteroatoms. The summed E-state index contributed by atoms with van der Waals surface area (Å²) in [5.74, 6) is -2.50. The zero-order valence-electron chi connectivity index (χ0n) is 14.7. The molecule has 0 heterocycles. The summed E-state index contributed by atoms with van der Waals surface area (Å²) < 4.78 is 57.0. The number of nitrogens with one attached hydrogen (secondary N) is 1. The number of halogens is 4. The maximum Gasteiger partial charge on any atom is 0.405 e. The van der Waals surface area contributed by atoms with E-state index in [1.807, 2.05) is 0 Å². The van der Waals surface area contributed by atoms with Crippen LogP contribution < -0.4 is 11.1 Å². The number of nitrogens with two attached hydrogens (primary N) is 1. The minimum atomic E-state index is -2.91. The average molecular weight is 382 g/mol. The van der Waals surface area contributed by atoms with E-state index in [-0.39, 0.29) is 13.0 Å². The van der Waals surface area contributed by atoms with Gasteiger partial charge in [0, 0.05) is 6.54 Å². The standard InChI is InChI=1S/C11H11F4NO2.C5H11NO2/c12-8-2-1-7(5-9(8)13)6-16-10(17)3-4-18-11(14)15;1-5(2,3)8-4(6)7/h1-2,5,11H,3-4,6H2,(H,16,17);1-3H3,(H2,6,7). The highest BCUT2D eigenvalue weighted by molar-refractivity contribution is 5.75. The van der Waals surface area contributed by atoms with Crippen LogP contribution >= 0.6 is 0 Å². The van der Waals surface area contributed by atoms with Gasteiger partial charge in [0.2, 0.25) is 5.91 Å². The van der Waals surface area contributed by atoms with Gasteiger partial charge in [-0.15, -0.1) is 0 Å². The summed E-state index contributed by atoms with van der Waals surface area (Å²) in [6.07, 6.45) is -0.953. The topological polar surface area (TPSA) is 90.7 Å². The highest BCUT2D eigenvalue weighted by Crippen LogP contribution is 2.08. The lowest BCUT2D eigenvalue weighted by atomic mass is 10.2. The van der Waals surface area contributed by atoms with Crippen molar-refractivity contribution in [2.45, 2.75) is 45.9 Å². The first-order valence-corrected chi connectivity index (χ1v) is 7.49. The van der Waals surface area contributed by atoms with Crippen LogP contribution in [0.2, 0.25) is 0 Å². The third kappa shape index (κ3) is 13.0. The number of ether oxygens (including phenoxy) is 2. The van der Waals surface area contributed by atoms with Crippen molar-refractivity contribution in [1.29, 1.82) is 0 Å². The summed E-state index contributed by atoms with van der Waals surface area (Å²) in [5.41, 5.74) is 4.64. The summed E-state index contributed by atoms with van der Waals surface area (Å²) in [7, 11) is 0. The monoisotopic (exact) mass is 382 g/mol. The molecule has 0 aliphatic carbocycles.